The third-order valence-electron chi connectivity index (χ3n) is 6.48. The molecule has 1 aliphatic rings. The van der Waals surface area contributed by atoms with Crippen LogP contribution in [0.3, 0.4) is 0 Å². The van der Waals surface area contributed by atoms with Crippen molar-refractivity contribution in [3.05, 3.63) is 130 Å². The molecule has 196 valence electrons. The normalized spacial score (nSPS) is 15.4. The van der Waals surface area contributed by atoms with Crippen LogP contribution in [0.4, 0.5) is 15.8 Å². The van der Waals surface area contributed by atoms with E-state index in [1.807, 2.05) is 66.7 Å². The summed E-state index contributed by atoms with van der Waals surface area (Å²) in [7, 11) is 0. The number of nitrogens with zero attached hydrogens (tertiary/aromatic N) is 2. The van der Waals surface area contributed by atoms with E-state index < -0.39 is 0 Å². The molecule has 0 aromatic heterocycles. The Hall–Kier alpha value is -4.16. The van der Waals surface area contributed by atoms with Gasteiger partial charge in [0, 0.05) is 0 Å². The van der Waals surface area contributed by atoms with Crippen LogP contribution in [0.5, 0.6) is 5.75 Å². The third-order valence-corrected chi connectivity index (χ3v) is 7.44. The van der Waals surface area contributed by atoms with Gasteiger partial charge in [0.05, 0.1) is 16.3 Å². The van der Waals surface area contributed by atoms with Gasteiger partial charge in [-0.3, -0.25) is 9.69 Å². The number of hydrogen-bond acceptors (Lipinski definition) is 4. The monoisotopic (exact) mass is 536 g/mol. The quantitative estimate of drug-likeness (QED) is 0.213. The molecule has 4 aromatic carbocycles. The summed E-state index contributed by atoms with van der Waals surface area (Å²) in [4.78, 5) is 20.8. The van der Waals surface area contributed by atoms with Crippen molar-refractivity contribution < 1.29 is 13.9 Å². The van der Waals surface area contributed by atoms with Gasteiger partial charge >= 0.3 is 0 Å². The second-order valence-corrected chi connectivity index (χ2v) is 10.2. The van der Waals surface area contributed by atoms with Gasteiger partial charge in [0.15, 0.2) is 5.17 Å². The number of hydrogen-bond donors (Lipinski definition) is 0. The Balaban J connectivity index is 1.38. The van der Waals surface area contributed by atoms with Gasteiger partial charge in [-0.1, -0.05) is 62.4 Å². The lowest BCUT2D eigenvalue weighted by Gasteiger charge is -2.16. The lowest BCUT2D eigenvalue weighted by atomic mass is 10.1. The first-order valence-electron chi connectivity index (χ1n) is 13.0. The molecule has 0 bridgehead atoms. The van der Waals surface area contributed by atoms with Crippen molar-refractivity contribution in [1.82, 2.24) is 0 Å². The second-order valence-electron chi connectivity index (χ2n) is 9.17. The molecule has 1 heterocycles. The fourth-order valence-corrected chi connectivity index (χ4v) is 5.13. The maximum atomic E-state index is 13.6. The molecule has 6 heteroatoms. The van der Waals surface area contributed by atoms with E-state index >= 15 is 0 Å². The van der Waals surface area contributed by atoms with Crippen LogP contribution in [0.1, 0.15) is 36.1 Å². The summed E-state index contributed by atoms with van der Waals surface area (Å²) in [5.74, 6) is 0.321. The van der Waals surface area contributed by atoms with E-state index in [1.54, 1.807) is 17.0 Å². The number of thioether (sulfide) groups is 1. The standard InChI is InChI=1S/C33H29FN2O2S/c1-3-23-7-15-28(16-8-23)35-33-36(29-17-9-24(4-2)10-18-29)32(37)31(39-33)21-25-11-19-30(20-12-25)38-22-26-5-13-27(34)14-6-26/h5-21H,3-4,22H2,1-2H3/b31-21-,35-33?. The highest BCUT2D eigenvalue weighted by atomic mass is 32.2. The predicted octanol–water partition coefficient (Wildman–Crippen LogP) is 8.34. The molecule has 0 spiro atoms. The Morgan fingerprint density at radius 3 is 2.00 bits per heavy atom. The van der Waals surface area contributed by atoms with Crippen LogP contribution in [0, 0.1) is 5.82 Å². The second kappa shape index (κ2) is 12.1. The first-order valence-corrected chi connectivity index (χ1v) is 13.8. The summed E-state index contributed by atoms with van der Waals surface area (Å²) in [6, 6.07) is 30.0. The van der Waals surface area contributed by atoms with Crippen LogP contribution < -0.4 is 9.64 Å². The number of halogens is 1. The first kappa shape index (κ1) is 26.4. The van der Waals surface area contributed by atoms with Gasteiger partial charge in [-0.25, -0.2) is 9.38 Å². The Kier molecular flexibility index (Phi) is 8.23. The SMILES string of the molecule is CCc1ccc(N=C2S/C(=C\c3ccc(OCc4ccc(F)cc4)cc3)C(=O)N2c2ccc(CC)cc2)cc1. The Morgan fingerprint density at radius 2 is 1.38 bits per heavy atom. The van der Waals surface area contributed by atoms with E-state index in [-0.39, 0.29) is 11.7 Å². The van der Waals surface area contributed by atoms with Gasteiger partial charge in [0.2, 0.25) is 0 Å². The number of amidine groups is 1. The van der Waals surface area contributed by atoms with Crippen molar-refractivity contribution in [2.75, 3.05) is 4.90 Å². The number of carbonyl (C=O) groups is 1. The summed E-state index contributed by atoms with van der Waals surface area (Å²) in [6.07, 6.45) is 3.78. The van der Waals surface area contributed by atoms with Gasteiger partial charge in [-0.15, -0.1) is 0 Å². The van der Waals surface area contributed by atoms with Crippen molar-refractivity contribution in [2.24, 2.45) is 4.99 Å². The number of amides is 1. The zero-order valence-electron chi connectivity index (χ0n) is 21.9. The van der Waals surface area contributed by atoms with Gasteiger partial charge in [0.25, 0.3) is 5.91 Å². The molecule has 1 saturated heterocycles. The topological polar surface area (TPSA) is 41.9 Å². The van der Waals surface area contributed by atoms with Crippen LogP contribution in [0.2, 0.25) is 0 Å². The number of rotatable bonds is 8. The Labute approximate surface area is 232 Å². The number of anilines is 1. The molecule has 1 fully saturated rings. The summed E-state index contributed by atoms with van der Waals surface area (Å²) in [5, 5.41) is 0.624. The van der Waals surface area contributed by atoms with Crippen molar-refractivity contribution in [3.63, 3.8) is 0 Å². The largest absolute Gasteiger partial charge is 0.489 e. The highest BCUT2D eigenvalue weighted by Gasteiger charge is 2.34. The number of ether oxygens (including phenoxy) is 1. The Morgan fingerprint density at radius 1 is 0.795 bits per heavy atom. The first-order chi connectivity index (χ1) is 19.0. The van der Waals surface area contributed by atoms with Crippen molar-refractivity contribution in [1.29, 1.82) is 0 Å². The van der Waals surface area contributed by atoms with Crippen LogP contribution in [0.15, 0.2) is 107 Å². The van der Waals surface area contributed by atoms with E-state index in [9.17, 15) is 9.18 Å². The molecule has 39 heavy (non-hydrogen) atoms. The number of aliphatic imine (C=N–C) groups is 1. The number of aryl methyl sites for hydroxylation is 2. The molecule has 4 nitrogen and oxygen atoms in total. The molecule has 0 unspecified atom stereocenters. The molecule has 4 aromatic rings. The van der Waals surface area contributed by atoms with Crippen LogP contribution in [-0.4, -0.2) is 11.1 Å². The van der Waals surface area contributed by atoms with E-state index in [4.69, 9.17) is 9.73 Å². The minimum absolute atomic E-state index is 0.107. The smallest absolute Gasteiger partial charge is 0.271 e. The van der Waals surface area contributed by atoms with Crippen molar-refractivity contribution in [3.8, 4) is 5.75 Å². The molecular weight excluding hydrogens is 507 g/mol. The summed E-state index contributed by atoms with van der Waals surface area (Å²) >= 11 is 1.37. The highest BCUT2D eigenvalue weighted by Crippen LogP contribution is 2.37. The zero-order valence-corrected chi connectivity index (χ0v) is 22.7. The van der Waals surface area contributed by atoms with Crippen LogP contribution in [-0.2, 0) is 24.2 Å². The summed E-state index contributed by atoms with van der Waals surface area (Å²) in [6.45, 7) is 4.58. The molecule has 5 rings (SSSR count). The average molecular weight is 537 g/mol. The number of carbonyl (C=O) groups excluding carboxylic acids is 1. The number of benzene rings is 4. The van der Waals surface area contributed by atoms with Gasteiger partial charge in [-0.2, -0.15) is 0 Å². The lowest BCUT2D eigenvalue weighted by molar-refractivity contribution is -0.113. The molecule has 0 saturated carbocycles. The van der Waals surface area contributed by atoms with Gasteiger partial charge in [0.1, 0.15) is 18.2 Å². The van der Waals surface area contributed by atoms with Crippen LogP contribution in [0.25, 0.3) is 6.08 Å². The molecule has 0 aliphatic carbocycles. The Bertz CT molecular complexity index is 1490. The molecule has 1 aliphatic heterocycles. The highest BCUT2D eigenvalue weighted by molar-refractivity contribution is 8.19. The maximum absolute atomic E-state index is 13.6. The summed E-state index contributed by atoms with van der Waals surface area (Å²) < 4.78 is 18.9. The molecule has 0 radical (unpaired) electrons. The van der Waals surface area contributed by atoms with Gasteiger partial charge < -0.3 is 4.74 Å². The lowest BCUT2D eigenvalue weighted by Crippen LogP contribution is -2.28. The minimum atomic E-state index is -0.269. The van der Waals surface area contributed by atoms with Crippen LogP contribution >= 0.6 is 11.8 Å². The predicted molar refractivity (Wildman–Crippen MR) is 159 cm³/mol. The summed E-state index contributed by atoms with van der Waals surface area (Å²) in [5.41, 5.74) is 5.83. The maximum Gasteiger partial charge on any atom is 0.271 e. The minimum Gasteiger partial charge on any atom is -0.489 e. The van der Waals surface area contributed by atoms with Crippen molar-refractivity contribution >= 4 is 40.3 Å². The van der Waals surface area contributed by atoms with Gasteiger partial charge in [-0.05, 0) is 101 Å². The average Bonchev–Trinajstić information content (AvgIpc) is 3.27. The molecular formula is C33H29FN2O2S. The molecule has 0 N–H and O–H groups in total. The zero-order chi connectivity index (χ0) is 27.2. The van der Waals surface area contributed by atoms with E-state index in [1.165, 1.54) is 35.0 Å². The molecule has 0 atom stereocenters. The fraction of sp³-hybridized carbons (Fsp3) is 0.152. The van der Waals surface area contributed by atoms with Crippen molar-refractivity contribution in [2.45, 2.75) is 33.3 Å². The van der Waals surface area contributed by atoms with E-state index in [0.717, 1.165) is 35.3 Å². The van der Waals surface area contributed by atoms with E-state index in [0.29, 0.717) is 22.4 Å². The fourth-order valence-electron chi connectivity index (χ4n) is 4.13. The molecule has 1 amide bonds. The van der Waals surface area contributed by atoms with E-state index in [2.05, 4.69) is 26.0 Å². The third kappa shape index (κ3) is 6.47.